The number of aromatic nitrogens is 2. The average molecular weight is 277 g/mol. The lowest BCUT2D eigenvalue weighted by molar-refractivity contribution is 0.455. The van der Waals surface area contributed by atoms with Crippen LogP contribution in [0.1, 0.15) is 36.7 Å². The Hall–Kier alpha value is -1.61. The lowest BCUT2D eigenvalue weighted by Crippen LogP contribution is -1.97. The highest BCUT2D eigenvalue weighted by Gasteiger charge is 2.09. The molecular weight excluding hydrogens is 260 g/mol. The van der Waals surface area contributed by atoms with Crippen LogP contribution < -0.4 is 4.74 Å². The third kappa shape index (κ3) is 3.24. The Bertz CT molecular complexity index is 579. The van der Waals surface area contributed by atoms with Crippen LogP contribution in [0.4, 0.5) is 0 Å². The zero-order valence-electron chi connectivity index (χ0n) is 11.6. The maximum atomic E-state index is 6.02. The molecule has 4 heteroatoms. The van der Waals surface area contributed by atoms with Crippen molar-refractivity contribution in [3.05, 3.63) is 46.4 Å². The molecule has 19 heavy (non-hydrogen) atoms. The van der Waals surface area contributed by atoms with Crippen molar-refractivity contribution in [1.82, 2.24) is 9.97 Å². The SMILES string of the molecule is Cc1nc(Cl)c(C)c(Oc2ccc(C(C)C)cc2)n1. The van der Waals surface area contributed by atoms with Gasteiger partial charge in [-0.15, -0.1) is 0 Å². The molecule has 0 spiro atoms. The minimum Gasteiger partial charge on any atom is -0.439 e. The van der Waals surface area contributed by atoms with Crippen molar-refractivity contribution in [3.63, 3.8) is 0 Å². The van der Waals surface area contributed by atoms with E-state index in [1.807, 2.05) is 19.1 Å². The number of benzene rings is 1. The van der Waals surface area contributed by atoms with Crippen molar-refractivity contribution in [1.29, 1.82) is 0 Å². The number of ether oxygens (including phenoxy) is 1. The van der Waals surface area contributed by atoms with Gasteiger partial charge in [0.1, 0.15) is 16.7 Å². The Kier molecular flexibility index (Phi) is 4.05. The molecule has 2 aromatic rings. The second-order valence-electron chi connectivity index (χ2n) is 4.82. The summed E-state index contributed by atoms with van der Waals surface area (Å²) in [4.78, 5) is 8.36. The molecular formula is C15H17ClN2O. The zero-order valence-corrected chi connectivity index (χ0v) is 12.3. The van der Waals surface area contributed by atoms with Crippen LogP contribution in [0.5, 0.6) is 11.6 Å². The van der Waals surface area contributed by atoms with Crippen LogP contribution >= 0.6 is 11.6 Å². The first-order valence-electron chi connectivity index (χ1n) is 6.26. The first-order chi connectivity index (χ1) is 8.97. The number of hydrogen-bond donors (Lipinski definition) is 0. The molecule has 0 unspecified atom stereocenters. The highest BCUT2D eigenvalue weighted by molar-refractivity contribution is 6.30. The first kappa shape index (κ1) is 13.8. The van der Waals surface area contributed by atoms with Crippen molar-refractivity contribution < 1.29 is 4.74 Å². The van der Waals surface area contributed by atoms with Crippen molar-refractivity contribution >= 4 is 11.6 Å². The van der Waals surface area contributed by atoms with Crippen molar-refractivity contribution in [2.45, 2.75) is 33.6 Å². The van der Waals surface area contributed by atoms with Gasteiger partial charge in [-0.2, -0.15) is 4.98 Å². The maximum Gasteiger partial charge on any atom is 0.226 e. The summed E-state index contributed by atoms with van der Waals surface area (Å²) in [5.41, 5.74) is 2.03. The summed E-state index contributed by atoms with van der Waals surface area (Å²) in [5.74, 6) is 2.37. The van der Waals surface area contributed by atoms with E-state index < -0.39 is 0 Å². The number of rotatable bonds is 3. The fourth-order valence-electron chi connectivity index (χ4n) is 1.70. The molecule has 0 radical (unpaired) electrons. The van der Waals surface area contributed by atoms with Crippen LogP contribution in [0.2, 0.25) is 5.15 Å². The molecule has 2 rings (SSSR count). The molecule has 3 nitrogen and oxygen atoms in total. The fraction of sp³-hybridized carbons (Fsp3) is 0.333. The molecule has 0 atom stereocenters. The third-order valence-electron chi connectivity index (χ3n) is 2.91. The monoisotopic (exact) mass is 276 g/mol. The number of aryl methyl sites for hydroxylation is 1. The molecule has 1 heterocycles. The molecule has 1 aromatic heterocycles. The van der Waals surface area contributed by atoms with Gasteiger partial charge in [0, 0.05) is 5.56 Å². The molecule has 0 saturated carbocycles. The highest BCUT2D eigenvalue weighted by Crippen LogP contribution is 2.27. The van der Waals surface area contributed by atoms with Gasteiger partial charge in [0.15, 0.2) is 0 Å². The van der Waals surface area contributed by atoms with Crippen molar-refractivity contribution in [2.75, 3.05) is 0 Å². The minimum absolute atomic E-state index is 0.432. The van der Waals surface area contributed by atoms with E-state index in [1.54, 1.807) is 6.92 Å². The Morgan fingerprint density at radius 3 is 2.26 bits per heavy atom. The lowest BCUT2D eigenvalue weighted by Gasteiger charge is -2.10. The van der Waals surface area contributed by atoms with Gasteiger partial charge < -0.3 is 4.74 Å². The molecule has 0 amide bonds. The Labute approximate surface area is 118 Å². The minimum atomic E-state index is 0.432. The Morgan fingerprint density at radius 1 is 1.05 bits per heavy atom. The van der Waals surface area contributed by atoms with Crippen LogP contribution in [-0.4, -0.2) is 9.97 Å². The predicted molar refractivity (Wildman–Crippen MR) is 77.1 cm³/mol. The second-order valence-corrected chi connectivity index (χ2v) is 5.18. The predicted octanol–water partition coefficient (Wildman–Crippen LogP) is 4.66. The molecule has 1 aromatic carbocycles. The zero-order chi connectivity index (χ0) is 14.0. The van der Waals surface area contributed by atoms with E-state index in [1.165, 1.54) is 5.56 Å². The van der Waals surface area contributed by atoms with Gasteiger partial charge in [-0.3, -0.25) is 0 Å². The standard InChI is InChI=1S/C15H17ClN2O/c1-9(2)12-5-7-13(8-6-12)19-15-10(3)14(16)17-11(4)18-15/h5-9H,1-4H3. The van der Waals surface area contributed by atoms with Gasteiger partial charge >= 0.3 is 0 Å². The summed E-state index contributed by atoms with van der Waals surface area (Å²) in [5, 5.41) is 0.432. The maximum absolute atomic E-state index is 6.02. The normalized spacial score (nSPS) is 10.8. The van der Waals surface area contributed by atoms with E-state index in [0.717, 1.165) is 11.3 Å². The molecule has 0 saturated heterocycles. The van der Waals surface area contributed by atoms with Crippen molar-refractivity contribution in [3.8, 4) is 11.6 Å². The third-order valence-corrected chi connectivity index (χ3v) is 3.28. The number of halogens is 1. The van der Waals surface area contributed by atoms with E-state index in [0.29, 0.717) is 22.8 Å². The summed E-state index contributed by atoms with van der Waals surface area (Å²) in [6.45, 7) is 7.96. The smallest absolute Gasteiger partial charge is 0.226 e. The van der Waals surface area contributed by atoms with E-state index in [2.05, 4.69) is 35.9 Å². The van der Waals surface area contributed by atoms with E-state index in [4.69, 9.17) is 16.3 Å². The van der Waals surface area contributed by atoms with Gasteiger partial charge in [0.25, 0.3) is 0 Å². The van der Waals surface area contributed by atoms with Gasteiger partial charge in [-0.05, 0) is 37.5 Å². The summed E-state index contributed by atoms with van der Waals surface area (Å²) in [6, 6.07) is 8.01. The molecule has 100 valence electrons. The van der Waals surface area contributed by atoms with Gasteiger partial charge in [0.2, 0.25) is 5.88 Å². The van der Waals surface area contributed by atoms with Gasteiger partial charge in [-0.25, -0.2) is 4.98 Å². The van der Waals surface area contributed by atoms with Crippen LogP contribution in [0.15, 0.2) is 24.3 Å². The van der Waals surface area contributed by atoms with Gasteiger partial charge in [0.05, 0.1) is 0 Å². The molecule has 0 aliphatic rings. The van der Waals surface area contributed by atoms with Crippen LogP contribution in [0, 0.1) is 13.8 Å². The summed E-state index contributed by atoms with van der Waals surface area (Å²) in [7, 11) is 0. The fourth-order valence-corrected chi connectivity index (χ4v) is 1.90. The largest absolute Gasteiger partial charge is 0.439 e. The summed E-state index contributed by atoms with van der Waals surface area (Å²) >= 11 is 6.02. The topological polar surface area (TPSA) is 35.0 Å². The quantitative estimate of drug-likeness (QED) is 0.765. The highest BCUT2D eigenvalue weighted by atomic mass is 35.5. The Balaban J connectivity index is 2.26. The van der Waals surface area contributed by atoms with E-state index in [-0.39, 0.29) is 0 Å². The molecule has 0 aliphatic carbocycles. The first-order valence-corrected chi connectivity index (χ1v) is 6.63. The molecule has 0 aliphatic heterocycles. The lowest BCUT2D eigenvalue weighted by atomic mass is 10.0. The summed E-state index contributed by atoms with van der Waals surface area (Å²) in [6.07, 6.45) is 0. The van der Waals surface area contributed by atoms with Crippen LogP contribution in [-0.2, 0) is 0 Å². The number of hydrogen-bond acceptors (Lipinski definition) is 3. The van der Waals surface area contributed by atoms with Crippen molar-refractivity contribution in [2.24, 2.45) is 0 Å². The molecule has 0 bridgehead atoms. The van der Waals surface area contributed by atoms with Crippen LogP contribution in [0.25, 0.3) is 0 Å². The van der Waals surface area contributed by atoms with E-state index >= 15 is 0 Å². The second kappa shape index (κ2) is 5.57. The average Bonchev–Trinajstić information content (AvgIpc) is 2.36. The number of nitrogens with zero attached hydrogens (tertiary/aromatic N) is 2. The molecule has 0 N–H and O–H groups in total. The van der Waals surface area contributed by atoms with E-state index in [9.17, 15) is 0 Å². The van der Waals surface area contributed by atoms with Crippen LogP contribution in [0.3, 0.4) is 0 Å². The Morgan fingerprint density at radius 2 is 1.68 bits per heavy atom. The van der Waals surface area contributed by atoms with Gasteiger partial charge in [-0.1, -0.05) is 37.6 Å². The summed E-state index contributed by atoms with van der Waals surface area (Å²) < 4.78 is 5.77. The molecule has 0 fully saturated rings.